The van der Waals surface area contributed by atoms with Crippen LogP contribution in [0.3, 0.4) is 0 Å². The first-order valence-electron chi connectivity index (χ1n) is 6.63. The first-order chi connectivity index (χ1) is 10.0. The number of nitrogens with two attached hydrogens (primary N) is 1. The van der Waals surface area contributed by atoms with Gasteiger partial charge in [0.25, 0.3) is 0 Å². The van der Waals surface area contributed by atoms with E-state index in [1.807, 2.05) is 37.3 Å². The normalized spacial score (nSPS) is 12.0. The van der Waals surface area contributed by atoms with E-state index in [0.29, 0.717) is 0 Å². The number of halogens is 2. The Labute approximate surface area is 128 Å². The van der Waals surface area contributed by atoms with Gasteiger partial charge in [0.1, 0.15) is 4.99 Å². The maximum atomic E-state index is 14.1. The lowest BCUT2D eigenvalue weighted by Crippen LogP contribution is -2.15. The summed E-state index contributed by atoms with van der Waals surface area (Å²) in [6, 6.07) is 12.4. The molecule has 21 heavy (non-hydrogen) atoms. The monoisotopic (exact) mass is 306 g/mol. The summed E-state index contributed by atoms with van der Waals surface area (Å²) >= 11 is 4.69. The molecule has 0 aromatic heterocycles. The van der Waals surface area contributed by atoms with E-state index in [2.05, 4.69) is 5.32 Å². The molecule has 0 aliphatic carbocycles. The number of hydrogen-bond acceptors (Lipinski definition) is 2. The third kappa shape index (κ3) is 3.36. The average Bonchev–Trinajstić information content (AvgIpc) is 2.49. The van der Waals surface area contributed by atoms with Gasteiger partial charge in [0.15, 0.2) is 11.6 Å². The van der Waals surface area contributed by atoms with Crippen molar-refractivity contribution >= 4 is 22.9 Å². The minimum atomic E-state index is -1.02. The van der Waals surface area contributed by atoms with Crippen molar-refractivity contribution in [3.63, 3.8) is 0 Å². The predicted molar refractivity (Wildman–Crippen MR) is 85.3 cm³/mol. The summed E-state index contributed by atoms with van der Waals surface area (Å²) in [7, 11) is 0. The topological polar surface area (TPSA) is 38.0 Å². The fourth-order valence-corrected chi connectivity index (χ4v) is 2.30. The smallest absolute Gasteiger partial charge is 0.182 e. The van der Waals surface area contributed by atoms with Gasteiger partial charge in [0.05, 0.1) is 11.7 Å². The molecule has 0 heterocycles. The number of nitrogens with one attached hydrogen (secondary N) is 1. The van der Waals surface area contributed by atoms with Crippen LogP contribution in [0.15, 0.2) is 42.5 Å². The van der Waals surface area contributed by atoms with Crippen LogP contribution < -0.4 is 11.1 Å². The fourth-order valence-electron chi connectivity index (χ4n) is 2.15. The van der Waals surface area contributed by atoms with Crippen LogP contribution in [0, 0.1) is 11.6 Å². The molecule has 110 valence electrons. The Morgan fingerprint density at radius 1 is 1.14 bits per heavy atom. The van der Waals surface area contributed by atoms with E-state index in [1.165, 1.54) is 12.1 Å². The van der Waals surface area contributed by atoms with Crippen LogP contribution in [0.1, 0.15) is 30.5 Å². The van der Waals surface area contributed by atoms with E-state index >= 15 is 0 Å². The van der Waals surface area contributed by atoms with Crippen LogP contribution in [-0.4, -0.2) is 4.99 Å². The van der Waals surface area contributed by atoms with Crippen LogP contribution in [0.4, 0.5) is 14.5 Å². The van der Waals surface area contributed by atoms with Gasteiger partial charge >= 0.3 is 0 Å². The molecule has 0 radical (unpaired) electrons. The largest absolute Gasteiger partial charge is 0.389 e. The highest BCUT2D eigenvalue weighted by molar-refractivity contribution is 7.80. The summed E-state index contributed by atoms with van der Waals surface area (Å²) in [5.74, 6) is -1.98. The molecule has 3 N–H and O–H groups in total. The van der Waals surface area contributed by atoms with Gasteiger partial charge in [0, 0.05) is 5.56 Å². The zero-order valence-corrected chi connectivity index (χ0v) is 12.4. The van der Waals surface area contributed by atoms with Gasteiger partial charge in [-0.05, 0) is 24.1 Å². The SMILES string of the molecule is CCC(Nc1ccc(C(N)=S)c(F)c1F)c1ccccc1. The molecule has 2 rings (SSSR count). The molecule has 2 nitrogen and oxygen atoms in total. The molecule has 0 aliphatic heterocycles. The Hall–Kier alpha value is -2.01. The molecule has 0 bridgehead atoms. The van der Waals surface area contributed by atoms with Crippen molar-refractivity contribution in [1.82, 2.24) is 0 Å². The maximum Gasteiger partial charge on any atom is 0.182 e. The summed E-state index contributed by atoms with van der Waals surface area (Å²) < 4.78 is 28.0. The first kappa shape index (κ1) is 15.4. The van der Waals surface area contributed by atoms with Crippen LogP contribution in [0.2, 0.25) is 0 Å². The van der Waals surface area contributed by atoms with Crippen molar-refractivity contribution in [3.8, 4) is 0 Å². The highest BCUT2D eigenvalue weighted by Crippen LogP contribution is 2.26. The minimum Gasteiger partial charge on any atom is -0.389 e. The third-order valence-electron chi connectivity index (χ3n) is 3.29. The predicted octanol–water partition coefficient (Wildman–Crippen LogP) is 4.16. The Morgan fingerprint density at radius 3 is 2.38 bits per heavy atom. The van der Waals surface area contributed by atoms with Crippen molar-refractivity contribution in [1.29, 1.82) is 0 Å². The molecule has 1 unspecified atom stereocenters. The second kappa shape index (κ2) is 6.63. The number of anilines is 1. The molecular formula is C16H16F2N2S. The van der Waals surface area contributed by atoms with Gasteiger partial charge in [0.2, 0.25) is 0 Å². The van der Waals surface area contributed by atoms with Gasteiger partial charge in [-0.15, -0.1) is 0 Å². The number of thiocarbonyl (C=S) groups is 1. The maximum absolute atomic E-state index is 14.1. The van der Waals surface area contributed by atoms with Crippen molar-refractivity contribution in [2.75, 3.05) is 5.32 Å². The number of benzene rings is 2. The third-order valence-corrected chi connectivity index (χ3v) is 3.51. The molecule has 0 saturated heterocycles. The molecule has 0 saturated carbocycles. The summed E-state index contributed by atoms with van der Waals surface area (Å²) in [5.41, 5.74) is 6.39. The Kier molecular flexibility index (Phi) is 4.85. The van der Waals surface area contributed by atoms with Crippen molar-refractivity contribution in [2.45, 2.75) is 19.4 Å². The number of rotatable bonds is 5. The molecule has 0 spiro atoms. The van der Waals surface area contributed by atoms with E-state index in [4.69, 9.17) is 18.0 Å². The van der Waals surface area contributed by atoms with Gasteiger partial charge in [-0.3, -0.25) is 0 Å². The summed E-state index contributed by atoms with van der Waals surface area (Å²) in [6.07, 6.45) is 0.738. The van der Waals surface area contributed by atoms with Crippen LogP contribution in [0.25, 0.3) is 0 Å². The molecule has 0 aliphatic rings. The summed E-state index contributed by atoms with van der Waals surface area (Å²) in [4.78, 5) is -0.159. The summed E-state index contributed by atoms with van der Waals surface area (Å²) in [5, 5.41) is 3.02. The Morgan fingerprint density at radius 2 is 1.81 bits per heavy atom. The fraction of sp³-hybridized carbons (Fsp3) is 0.188. The van der Waals surface area contributed by atoms with Gasteiger partial charge in [-0.2, -0.15) is 0 Å². The lowest BCUT2D eigenvalue weighted by atomic mass is 10.0. The van der Waals surface area contributed by atoms with Crippen molar-refractivity contribution in [3.05, 3.63) is 65.2 Å². The molecule has 0 fully saturated rings. The number of hydrogen-bond donors (Lipinski definition) is 2. The first-order valence-corrected chi connectivity index (χ1v) is 7.04. The molecule has 2 aromatic carbocycles. The molecule has 0 amide bonds. The van der Waals surface area contributed by atoms with Gasteiger partial charge < -0.3 is 11.1 Å². The summed E-state index contributed by atoms with van der Waals surface area (Å²) in [6.45, 7) is 1.97. The van der Waals surface area contributed by atoms with Crippen LogP contribution in [-0.2, 0) is 0 Å². The lowest BCUT2D eigenvalue weighted by molar-refractivity contribution is 0.508. The van der Waals surface area contributed by atoms with E-state index in [9.17, 15) is 8.78 Å². The quantitative estimate of drug-likeness (QED) is 0.815. The standard InChI is InChI=1S/C16H16F2N2S/c1-2-12(10-6-4-3-5-7-10)20-13-9-8-11(16(19)21)14(17)15(13)18/h3-9,12,20H,2H2,1H3,(H2,19,21). The highest BCUT2D eigenvalue weighted by Gasteiger charge is 2.17. The van der Waals surface area contributed by atoms with E-state index in [0.717, 1.165) is 12.0 Å². The van der Waals surface area contributed by atoms with Gasteiger partial charge in [-0.1, -0.05) is 49.5 Å². The van der Waals surface area contributed by atoms with Crippen LogP contribution >= 0.6 is 12.2 Å². The molecular weight excluding hydrogens is 290 g/mol. The zero-order valence-electron chi connectivity index (χ0n) is 11.6. The average molecular weight is 306 g/mol. The van der Waals surface area contributed by atoms with Crippen LogP contribution in [0.5, 0.6) is 0 Å². The van der Waals surface area contributed by atoms with Crippen molar-refractivity contribution < 1.29 is 8.78 Å². The second-order valence-electron chi connectivity index (χ2n) is 4.67. The van der Waals surface area contributed by atoms with Gasteiger partial charge in [-0.25, -0.2) is 8.78 Å². The minimum absolute atomic E-state index is 0.0826. The zero-order chi connectivity index (χ0) is 15.4. The highest BCUT2D eigenvalue weighted by atomic mass is 32.1. The Balaban J connectivity index is 2.31. The lowest BCUT2D eigenvalue weighted by Gasteiger charge is -2.19. The second-order valence-corrected chi connectivity index (χ2v) is 5.11. The van der Waals surface area contributed by atoms with E-state index in [1.54, 1.807) is 0 Å². The van der Waals surface area contributed by atoms with Crippen molar-refractivity contribution in [2.24, 2.45) is 5.73 Å². The van der Waals surface area contributed by atoms with E-state index < -0.39 is 11.6 Å². The molecule has 5 heteroatoms. The Bertz CT molecular complexity index is 644. The van der Waals surface area contributed by atoms with E-state index in [-0.39, 0.29) is 22.3 Å². The molecule has 2 aromatic rings. The molecule has 1 atom stereocenters.